The Kier molecular flexibility index (Phi) is 12.1. The molecule has 9 nitrogen and oxygen atoms in total. The second-order valence-electron chi connectivity index (χ2n) is 10.2. The lowest BCUT2D eigenvalue weighted by atomic mass is 9.87. The molecule has 1 unspecified atom stereocenters. The number of nitrogens with one attached hydrogen (secondary N) is 3. The Hall–Kier alpha value is -2.57. The van der Waals surface area contributed by atoms with E-state index in [-0.39, 0.29) is 31.1 Å². The molecule has 2 aliphatic rings. The fraction of sp³-hybridized carbons (Fsp3) is 0.704. The van der Waals surface area contributed by atoms with E-state index in [1.165, 1.54) is 13.2 Å². The lowest BCUT2D eigenvalue weighted by Crippen LogP contribution is -2.52. The van der Waals surface area contributed by atoms with Gasteiger partial charge in [0.2, 0.25) is 0 Å². The van der Waals surface area contributed by atoms with Crippen molar-refractivity contribution in [2.75, 3.05) is 60.2 Å². The van der Waals surface area contributed by atoms with E-state index in [1.807, 2.05) is 7.05 Å². The molecule has 3 N–H and O–H groups in total. The largest absolute Gasteiger partial charge is 0.453 e. The van der Waals surface area contributed by atoms with Gasteiger partial charge in [-0.15, -0.1) is 0 Å². The number of carbonyl (C=O) groups excluding carboxylic acids is 2. The third-order valence-electron chi connectivity index (χ3n) is 7.31. The molecule has 2 fully saturated rings. The zero-order chi connectivity index (χ0) is 28.3. The second kappa shape index (κ2) is 15.3. The van der Waals surface area contributed by atoms with Gasteiger partial charge in [-0.1, -0.05) is 12.1 Å². The smallest absolute Gasteiger partial charge is 0.416 e. The van der Waals surface area contributed by atoms with E-state index >= 15 is 0 Å². The summed E-state index contributed by atoms with van der Waals surface area (Å²) >= 11 is 0. The van der Waals surface area contributed by atoms with Crippen LogP contribution in [0.3, 0.4) is 0 Å². The number of benzene rings is 1. The minimum Gasteiger partial charge on any atom is -0.453 e. The van der Waals surface area contributed by atoms with Crippen LogP contribution in [0.1, 0.15) is 49.3 Å². The number of likely N-dealkylation sites (tertiary alicyclic amines) is 1. The molecule has 0 bridgehead atoms. The monoisotopic (exact) mass is 558 g/mol. The molecule has 2 heterocycles. The van der Waals surface area contributed by atoms with E-state index in [2.05, 4.69) is 20.7 Å². The number of likely N-dealkylation sites (N-methyl/N-ethyl adjacent to an activating group) is 1. The number of alkyl carbamates (subject to hydrolysis) is 1. The fourth-order valence-corrected chi connectivity index (χ4v) is 5.34. The van der Waals surface area contributed by atoms with E-state index in [9.17, 15) is 22.8 Å². The van der Waals surface area contributed by atoms with Crippen molar-refractivity contribution in [3.05, 3.63) is 35.4 Å². The summed E-state index contributed by atoms with van der Waals surface area (Å²) in [6.45, 7) is 3.25. The predicted molar refractivity (Wildman–Crippen MR) is 139 cm³/mol. The first-order chi connectivity index (χ1) is 18.7. The molecule has 39 heavy (non-hydrogen) atoms. The minimum atomic E-state index is -4.49. The highest BCUT2D eigenvalue weighted by molar-refractivity contribution is 5.74. The summed E-state index contributed by atoms with van der Waals surface area (Å²) in [7, 11) is 3.10. The van der Waals surface area contributed by atoms with Crippen LogP contribution in [0, 0.1) is 11.8 Å². The Morgan fingerprint density at radius 1 is 1.21 bits per heavy atom. The van der Waals surface area contributed by atoms with E-state index in [1.54, 1.807) is 11.0 Å². The van der Waals surface area contributed by atoms with Crippen molar-refractivity contribution in [1.29, 1.82) is 0 Å². The number of methoxy groups -OCH3 is 1. The number of amides is 3. The Balaban J connectivity index is 1.69. The quantitative estimate of drug-likeness (QED) is 0.356. The number of halogens is 3. The minimum absolute atomic E-state index is 0.0362. The van der Waals surface area contributed by atoms with Gasteiger partial charge in [0.1, 0.15) is 0 Å². The first-order valence-corrected chi connectivity index (χ1v) is 13.6. The van der Waals surface area contributed by atoms with Crippen molar-refractivity contribution in [2.45, 2.75) is 50.4 Å². The zero-order valence-electron chi connectivity index (χ0n) is 22.7. The highest BCUT2D eigenvalue weighted by Gasteiger charge is 2.35. The molecule has 3 atom stereocenters. The lowest BCUT2D eigenvalue weighted by Gasteiger charge is -2.38. The molecule has 3 rings (SSSR count). The summed E-state index contributed by atoms with van der Waals surface area (Å²) in [5.41, 5.74) is -0.363. The normalized spacial score (nSPS) is 20.2. The Labute approximate surface area is 228 Å². The molecule has 0 aromatic heterocycles. The van der Waals surface area contributed by atoms with Gasteiger partial charge in [-0.2, -0.15) is 13.2 Å². The average Bonchev–Trinajstić information content (AvgIpc) is 2.93. The van der Waals surface area contributed by atoms with Crippen molar-refractivity contribution in [3.8, 4) is 0 Å². The van der Waals surface area contributed by atoms with Gasteiger partial charge in [0.05, 0.1) is 25.4 Å². The number of piperidine rings is 1. The van der Waals surface area contributed by atoms with Crippen molar-refractivity contribution < 1.29 is 37.0 Å². The summed E-state index contributed by atoms with van der Waals surface area (Å²) < 4.78 is 56.4. The summed E-state index contributed by atoms with van der Waals surface area (Å²) in [4.78, 5) is 26.4. The van der Waals surface area contributed by atoms with E-state index in [4.69, 9.17) is 9.47 Å². The lowest BCUT2D eigenvalue weighted by molar-refractivity contribution is -0.137. The molecule has 2 saturated heterocycles. The third kappa shape index (κ3) is 9.84. The van der Waals surface area contributed by atoms with Crippen LogP contribution in [0.5, 0.6) is 0 Å². The molecule has 0 aliphatic carbocycles. The van der Waals surface area contributed by atoms with Crippen LogP contribution in [-0.4, -0.2) is 83.2 Å². The molecule has 1 aromatic carbocycles. The van der Waals surface area contributed by atoms with Crippen molar-refractivity contribution in [2.24, 2.45) is 11.8 Å². The standard InChI is InChI=1S/C27H41F3N4O5/c1-31-17-23(15-19-8-12-38-13-9-19)33-25(35)34-11-4-6-21(18-34)24(39-14-10-32-26(36)37-2)20-5-3-7-22(16-20)27(28,29)30/h3,5,7,16,19,21,23-24,31H,4,6,8-15,17-18H2,1-2H3,(H,32,36)(H,33,35)/t21-,23+,24?/m1/s1. The molecule has 0 saturated carbocycles. The molecule has 3 amide bonds. The summed E-state index contributed by atoms with van der Waals surface area (Å²) in [5, 5.41) is 8.84. The van der Waals surface area contributed by atoms with Crippen molar-refractivity contribution in [1.82, 2.24) is 20.9 Å². The molecule has 2 aliphatic heterocycles. The number of hydrogen-bond donors (Lipinski definition) is 3. The van der Waals surface area contributed by atoms with Crippen molar-refractivity contribution >= 4 is 12.1 Å². The number of ether oxygens (including phenoxy) is 3. The van der Waals surface area contributed by atoms with Gasteiger partial charge in [0, 0.05) is 51.4 Å². The summed E-state index contributed by atoms with van der Waals surface area (Å²) in [5.74, 6) is 0.271. The first kappa shape index (κ1) is 31.0. The highest BCUT2D eigenvalue weighted by atomic mass is 19.4. The Bertz CT molecular complexity index is 914. The zero-order valence-corrected chi connectivity index (χ0v) is 22.7. The number of hydrogen-bond acceptors (Lipinski definition) is 6. The number of nitrogens with zero attached hydrogens (tertiary/aromatic N) is 1. The molecule has 220 valence electrons. The number of carbonyl (C=O) groups is 2. The second-order valence-corrected chi connectivity index (χ2v) is 10.2. The van der Waals surface area contributed by atoms with Gasteiger partial charge in [-0.25, -0.2) is 9.59 Å². The van der Waals surface area contributed by atoms with Gasteiger partial charge in [0.15, 0.2) is 0 Å². The van der Waals surface area contributed by atoms with Crippen LogP contribution >= 0.6 is 0 Å². The molecule has 1 aromatic rings. The van der Waals surface area contributed by atoms with Crippen molar-refractivity contribution in [3.63, 3.8) is 0 Å². The van der Waals surface area contributed by atoms with Crippen LogP contribution in [0.25, 0.3) is 0 Å². The Morgan fingerprint density at radius 2 is 1.97 bits per heavy atom. The first-order valence-electron chi connectivity index (χ1n) is 13.6. The molecular weight excluding hydrogens is 517 g/mol. The third-order valence-corrected chi connectivity index (χ3v) is 7.31. The van der Waals surface area contributed by atoms with E-state index in [0.717, 1.165) is 44.6 Å². The van der Waals surface area contributed by atoms with Crippen LogP contribution < -0.4 is 16.0 Å². The Morgan fingerprint density at radius 3 is 2.67 bits per heavy atom. The van der Waals surface area contributed by atoms with Crippen LogP contribution in [0.4, 0.5) is 22.8 Å². The molecule has 12 heteroatoms. The summed E-state index contributed by atoms with van der Waals surface area (Å²) in [6, 6.07) is 4.90. The summed E-state index contributed by atoms with van der Waals surface area (Å²) in [6.07, 6.45) is -1.59. The van der Waals surface area contributed by atoms with Gasteiger partial charge in [-0.3, -0.25) is 0 Å². The maximum absolute atomic E-state index is 13.5. The van der Waals surface area contributed by atoms with Crippen LogP contribution in [0.15, 0.2) is 24.3 Å². The van der Waals surface area contributed by atoms with Gasteiger partial charge in [0.25, 0.3) is 0 Å². The number of urea groups is 1. The van der Waals surface area contributed by atoms with E-state index in [0.29, 0.717) is 44.0 Å². The maximum Gasteiger partial charge on any atom is 0.416 e. The number of rotatable bonds is 11. The van der Waals surface area contributed by atoms with Gasteiger partial charge >= 0.3 is 18.3 Å². The topological polar surface area (TPSA) is 101 Å². The molecular formula is C27H41F3N4O5. The van der Waals surface area contributed by atoms with Crippen LogP contribution in [-0.2, 0) is 20.4 Å². The van der Waals surface area contributed by atoms with Gasteiger partial charge in [-0.05, 0) is 62.8 Å². The predicted octanol–water partition coefficient (Wildman–Crippen LogP) is 3.95. The van der Waals surface area contributed by atoms with Gasteiger partial charge < -0.3 is 35.1 Å². The average molecular weight is 559 g/mol. The van der Waals surface area contributed by atoms with E-state index < -0.39 is 23.9 Å². The highest BCUT2D eigenvalue weighted by Crippen LogP contribution is 2.36. The van der Waals surface area contributed by atoms with Crippen LogP contribution in [0.2, 0.25) is 0 Å². The number of alkyl halides is 3. The fourth-order valence-electron chi connectivity index (χ4n) is 5.34. The maximum atomic E-state index is 13.5. The molecule has 0 spiro atoms. The SMILES string of the molecule is CNC[C@H](CC1CCOCC1)NC(=O)N1CCC[C@@H](C(OCCNC(=O)OC)c2cccc(C(F)(F)F)c2)C1. The molecule has 0 radical (unpaired) electrons.